The number of ether oxygens (including phenoxy) is 2. The maximum absolute atomic E-state index is 12.5. The topological polar surface area (TPSA) is 82.5 Å². The lowest BCUT2D eigenvalue weighted by Crippen LogP contribution is -2.28. The first-order chi connectivity index (χ1) is 13.1. The number of nitrogens with one attached hydrogen (secondary N) is 1. The van der Waals surface area contributed by atoms with Crippen molar-refractivity contribution < 1.29 is 14.3 Å². The molecule has 0 atom stereocenters. The summed E-state index contributed by atoms with van der Waals surface area (Å²) in [6.07, 6.45) is 0. The first kappa shape index (κ1) is 18.2. The minimum Gasteiger partial charge on any atom is -0.497 e. The van der Waals surface area contributed by atoms with Gasteiger partial charge in [0.15, 0.2) is 0 Å². The van der Waals surface area contributed by atoms with Crippen LogP contribution in [-0.4, -0.2) is 29.9 Å². The van der Waals surface area contributed by atoms with Gasteiger partial charge in [-0.05, 0) is 35.9 Å². The van der Waals surface area contributed by atoms with Gasteiger partial charge in [-0.25, -0.2) is 0 Å². The molecule has 7 nitrogen and oxygen atoms in total. The van der Waals surface area contributed by atoms with Gasteiger partial charge in [0.25, 0.3) is 11.5 Å². The predicted octanol–water partition coefficient (Wildman–Crippen LogP) is 2.18. The summed E-state index contributed by atoms with van der Waals surface area (Å²) in [6.45, 7) is 0.262. The lowest BCUT2D eigenvalue weighted by molar-refractivity contribution is 0.0944. The van der Waals surface area contributed by atoms with E-state index >= 15 is 0 Å². The molecule has 138 valence electrons. The molecule has 0 aliphatic heterocycles. The van der Waals surface area contributed by atoms with Crippen molar-refractivity contribution in [3.8, 4) is 17.2 Å². The van der Waals surface area contributed by atoms with E-state index in [0.717, 1.165) is 5.56 Å². The molecule has 0 bridgehead atoms. The fourth-order valence-corrected chi connectivity index (χ4v) is 2.53. The second-order valence-electron chi connectivity index (χ2n) is 5.71. The van der Waals surface area contributed by atoms with Gasteiger partial charge >= 0.3 is 0 Å². The van der Waals surface area contributed by atoms with Crippen LogP contribution in [0.15, 0.2) is 65.5 Å². The second-order valence-corrected chi connectivity index (χ2v) is 5.71. The molecule has 3 rings (SSSR count). The highest BCUT2D eigenvalue weighted by atomic mass is 16.5. The van der Waals surface area contributed by atoms with Crippen LogP contribution in [0.1, 0.15) is 16.1 Å². The van der Waals surface area contributed by atoms with Crippen molar-refractivity contribution in [2.45, 2.75) is 6.54 Å². The lowest BCUT2D eigenvalue weighted by atomic mass is 10.2. The second kappa shape index (κ2) is 8.18. The smallest absolute Gasteiger partial charge is 0.272 e. The van der Waals surface area contributed by atoms with Crippen LogP contribution in [-0.2, 0) is 6.54 Å². The Bertz CT molecular complexity index is 977. The van der Waals surface area contributed by atoms with E-state index in [1.54, 1.807) is 56.7 Å². The van der Waals surface area contributed by atoms with Gasteiger partial charge in [-0.3, -0.25) is 9.59 Å². The third-order valence-electron chi connectivity index (χ3n) is 3.90. The molecule has 0 saturated heterocycles. The van der Waals surface area contributed by atoms with Gasteiger partial charge in [0.2, 0.25) is 0 Å². The van der Waals surface area contributed by atoms with Gasteiger partial charge < -0.3 is 14.8 Å². The average molecular weight is 365 g/mol. The van der Waals surface area contributed by atoms with Gasteiger partial charge in [0.05, 0.1) is 19.9 Å². The summed E-state index contributed by atoms with van der Waals surface area (Å²) in [5, 5.41) is 6.95. The largest absolute Gasteiger partial charge is 0.497 e. The summed E-state index contributed by atoms with van der Waals surface area (Å²) >= 11 is 0. The van der Waals surface area contributed by atoms with Crippen molar-refractivity contribution in [2.24, 2.45) is 0 Å². The molecule has 7 heteroatoms. The number of amides is 1. The number of hydrogen-bond acceptors (Lipinski definition) is 5. The van der Waals surface area contributed by atoms with Gasteiger partial charge in [0, 0.05) is 18.7 Å². The highest BCUT2D eigenvalue weighted by molar-refractivity contribution is 5.92. The standard InChI is InChI=1S/C20H19N3O4/c1-26-16-10-14(11-17(12-16)27-2)13-21-20(25)18-8-9-19(24)23(22-18)15-6-4-3-5-7-15/h3-12H,13H2,1-2H3,(H,21,25). The van der Waals surface area contributed by atoms with E-state index < -0.39 is 0 Å². The number of hydrogen-bond donors (Lipinski definition) is 1. The summed E-state index contributed by atoms with van der Waals surface area (Å²) in [7, 11) is 3.13. The van der Waals surface area contributed by atoms with Crippen molar-refractivity contribution in [3.05, 3.63) is 82.3 Å². The van der Waals surface area contributed by atoms with E-state index in [-0.39, 0.29) is 23.7 Å². The summed E-state index contributed by atoms with van der Waals surface area (Å²) in [5.41, 5.74) is 1.24. The molecule has 2 aromatic carbocycles. The number of aromatic nitrogens is 2. The molecule has 1 N–H and O–H groups in total. The van der Waals surface area contributed by atoms with Crippen LogP contribution >= 0.6 is 0 Å². The van der Waals surface area contributed by atoms with Crippen molar-refractivity contribution in [3.63, 3.8) is 0 Å². The van der Waals surface area contributed by atoms with E-state index in [1.165, 1.54) is 16.8 Å². The predicted molar refractivity (Wildman–Crippen MR) is 101 cm³/mol. The van der Waals surface area contributed by atoms with Crippen LogP contribution in [0.2, 0.25) is 0 Å². The van der Waals surface area contributed by atoms with Crippen LogP contribution < -0.4 is 20.3 Å². The highest BCUT2D eigenvalue weighted by Crippen LogP contribution is 2.22. The Morgan fingerprint density at radius 2 is 1.67 bits per heavy atom. The van der Waals surface area contributed by atoms with Crippen molar-refractivity contribution in [1.82, 2.24) is 15.1 Å². The SMILES string of the molecule is COc1cc(CNC(=O)c2ccc(=O)n(-c3ccccc3)n2)cc(OC)c1. The van der Waals surface area contributed by atoms with Crippen LogP contribution in [0.5, 0.6) is 11.5 Å². The number of carbonyl (C=O) groups is 1. The zero-order valence-corrected chi connectivity index (χ0v) is 15.0. The molecule has 0 fully saturated rings. The molecule has 0 aliphatic carbocycles. The van der Waals surface area contributed by atoms with Crippen molar-refractivity contribution in [2.75, 3.05) is 14.2 Å². The first-order valence-electron chi connectivity index (χ1n) is 8.26. The lowest BCUT2D eigenvalue weighted by Gasteiger charge is -2.10. The molecule has 1 heterocycles. The number of nitrogens with zero attached hydrogens (tertiary/aromatic N) is 2. The molecule has 0 aliphatic rings. The Labute approximate surface area is 156 Å². The number of benzene rings is 2. The third-order valence-corrected chi connectivity index (χ3v) is 3.90. The van der Waals surface area contributed by atoms with Gasteiger partial charge in [0.1, 0.15) is 17.2 Å². The number of carbonyl (C=O) groups excluding carboxylic acids is 1. The quantitative estimate of drug-likeness (QED) is 0.724. The molecule has 1 amide bonds. The number of para-hydroxylation sites is 1. The Morgan fingerprint density at radius 1 is 1.00 bits per heavy atom. The third kappa shape index (κ3) is 4.33. The highest BCUT2D eigenvalue weighted by Gasteiger charge is 2.11. The van der Waals surface area contributed by atoms with E-state index in [4.69, 9.17) is 9.47 Å². The Kier molecular flexibility index (Phi) is 5.51. The van der Waals surface area contributed by atoms with E-state index in [9.17, 15) is 9.59 Å². The van der Waals surface area contributed by atoms with Crippen LogP contribution in [0, 0.1) is 0 Å². The fraction of sp³-hybridized carbons (Fsp3) is 0.150. The van der Waals surface area contributed by atoms with Gasteiger partial charge in [-0.1, -0.05) is 18.2 Å². The first-order valence-corrected chi connectivity index (χ1v) is 8.26. The summed E-state index contributed by atoms with van der Waals surface area (Å²) < 4.78 is 11.6. The molecule has 1 aromatic heterocycles. The zero-order chi connectivity index (χ0) is 19.2. The molecule has 0 radical (unpaired) electrons. The fourth-order valence-electron chi connectivity index (χ4n) is 2.53. The monoisotopic (exact) mass is 365 g/mol. The molecule has 27 heavy (non-hydrogen) atoms. The molecule has 0 saturated carbocycles. The summed E-state index contributed by atoms with van der Waals surface area (Å²) in [4.78, 5) is 24.5. The minimum atomic E-state index is -0.388. The number of rotatable bonds is 6. The van der Waals surface area contributed by atoms with Crippen molar-refractivity contribution in [1.29, 1.82) is 0 Å². The number of methoxy groups -OCH3 is 2. The van der Waals surface area contributed by atoms with Gasteiger partial charge in [-0.2, -0.15) is 9.78 Å². The van der Waals surface area contributed by atoms with E-state index in [1.807, 2.05) is 6.07 Å². The zero-order valence-electron chi connectivity index (χ0n) is 15.0. The Morgan fingerprint density at radius 3 is 2.30 bits per heavy atom. The molecule has 3 aromatic rings. The van der Waals surface area contributed by atoms with Crippen LogP contribution in [0.4, 0.5) is 0 Å². The van der Waals surface area contributed by atoms with Gasteiger partial charge in [-0.15, -0.1) is 0 Å². The normalized spacial score (nSPS) is 10.3. The maximum Gasteiger partial charge on any atom is 0.272 e. The van der Waals surface area contributed by atoms with E-state index in [0.29, 0.717) is 17.2 Å². The molecule has 0 unspecified atom stereocenters. The Balaban J connectivity index is 1.78. The molecular weight excluding hydrogens is 346 g/mol. The average Bonchev–Trinajstić information content (AvgIpc) is 2.72. The summed E-state index contributed by atoms with van der Waals surface area (Å²) in [5.74, 6) is 0.880. The summed E-state index contributed by atoms with van der Waals surface area (Å²) in [6, 6.07) is 17.0. The Hall–Kier alpha value is -3.61. The minimum absolute atomic E-state index is 0.147. The molecular formula is C20H19N3O4. The molecule has 0 spiro atoms. The van der Waals surface area contributed by atoms with Crippen LogP contribution in [0.3, 0.4) is 0 Å². The maximum atomic E-state index is 12.5. The van der Waals surface area contributed by atoms with E-state index in [2.05, 4.69) is 10.4 Å². The van der Waals surface area contributed by atoms with Crippen molar-refractivity contribution >= 4 is 5.91 Å². The van der Waals surface area contributed by atoms with Crippen LogP contribution in [0.25, 0.3) is 5.69 Å².